The van der Waals surface area contributed by atoms with E-state index in [1.54, 1.807) is 24.5 Å². The van der Waals surface area contributed by atoms with Crippen LogP contribution in [0.25, 0.3) is 11.0 Å². The lowest BCUT2D eigenvalue weighted by atomic mass is 9.86. The van der Waals surface area contributed by atoms with Gasteiger partial charge in [0, 0.05) is 17.7 Å². The minimum absolute atomic E-state index is 0.00203. The first-order chi connectivity index (χ1) is 11.2. The summed E-state index contributed by atoms with van der Waals surface area (Å²) in [5.41, 5.74) is 3.23. The topological polar surface area (TPSA) is 99.6 Å². The van der Waals surface area contributed by atoms with Crippen LogP contribution in [-0.2, 0) is 4.79 Å². The number of benzene rings is 1. The number of hydrogen-bond acceptors (Lipinski definition) is 4. The molecule has 1 aromatic heterocycles. The number of amides is 2. The van der Waals surface area contributed by atoms with Crippen LogP contribution in [0, 0.1) is 0 Å². The average molecular weight is 309 g/mol. The highest BCUT2D eigenvalue weighted by Gasteiger charge is 2.29. The molecule has 2 aromatic rings. The van der Waals surface area contributed by atoms with E-state index in [0.717, 1.165) is 29.4 Å². The van der Waals surface area contributed by atoms with Crippen LogP contribution in [0.2, 0.25) is 0 Å². The molecule has 2 unspecified atom stereocenters. The SMILES string of the molecule is O=C1C=C2CC(NC(=O)c3ccc4nc[nH]c4c3)CCC2N=N1. The fourth-order valence-corrected chi connectivity index (χ4v) is 3.14. The minimum atomic E-state index is -0.312. The summed E-state index contributed by atoms with van der Waals surface area (Å²) in [4.78, 5) is 30.9. The molecule has 1 fully saturated rings. The van der Waals surface area contributed by atoms with E-state index >= 15 is 0 Å². The largest absolute Gasteiger partial charge is 0.349 e. The lowest BCUT2D eigenvalue weighted by molar-refractivity contribution is -0.114. The highest BCUT2D eigenvalue weighted by molar-refractivity contribution is 5.97. The Morgan fingerprint density at radius 3 is 3.13 bits per heavy atom. The summed E-state index contributed by atoms with van der Waals surface area (Å²) in [6.45, 7) is 0. The van der Waals surface area contributed by atoms with Crippen molar-refractivity contribution in [3.8, 4) is 0 Å². The van der Waals surface area contributed by atoms with Crippen molar-refractivity contribution in [2.45, 2.75) is 31.3 Å². The summed E-state index contributed by atoms with van der Waals surface area (Å²) in [5.74, 6) is -0.428. The van der Waals surface area contributed by atoms with E-state index in [4.69, 9.17) is 0 Å². The van der Waals surface area contributed by atoms with Crippen molar-refractivity contribution in [2.75, 3.05) is 0 Å². The number of carbonyl (C=O) groups is 2. The molecule has 116 valence electrons. The van der Waals surface area contributed by atoms with Crippen molar-refractivity contribution in [3.05, 3.63) is 41.7 Å². The molecule has 0 spiro atoms. The maximum atomic E-state index is 12.4. The summed E-state index contributed by atoms with van der Waals surface area (Å²) in [6.07, 6.45) is 5.43. The Hall–Kier alpha value is -2.83. The second kappa shape index (κ2) is 5.42. The summed E-state index contributed by atoms with van der Waals surface area (Å²) in [7, 11) is 0. The van der Waals surface area contributed by atoms with Crippen molar-refractivity contribution in [2.24, 2.45) is 10.2 Å². The molecule has 7 heteroatoms. The molecule has 1 aliphatic heterocycles. The minimum Gasteiger partial charge on any atom is -0.349 e. The molecule has 2 heterocycles. The van der Waals surface area contributed by atoms with E-state index in [1.165, 1.54) is 0 Å². The molecule has 0 radical (unpaired) electrons. The predicted molar refractivity (Wildman–Crippen MR) is 82.9 cm³/mol. The van der Waals surface area contributed by atoms with Crippen molar-refractivity contribution >= 4 is 22.8 Å². The number of H-pyrrole nitrogens is 1. The van der Waals surface area contributed by atoms with Gasteiger partial charge in [-0.1, -0.05) is 0 Å². The van der Waals surface area contributed by atoms with Crippen LogP contribution in [0.3, 0.4) is 0 Å². The van der Waals surface area contributed by atoms with Crippen LogP contribution >= 0.6 is 0 Å². The molecule has 1 saturated carbocycles. The first-order valence-electron chi connectivity index (χ1n) is 7.58. The van der Waals surface area contributed by atoms with Crippen LogP contribution in [0.15, 0.2) is 46.4 Å². The fraction of sp³-hybridized carbons (Fsp3) is 0.312. The van der Waals surface area contributed by atoms with Gasteiger partial charge in [0.1, 0.15) is 0 Å². The van der Waals surface area contributed by atoms with E-state index in [0.29, 0.717) is 12.0 Å². The standard InChI is InChI=1S/C16H15N5O2/c22-15-7-10-5-11(2-4-12(10)20-21-15)19-16(23)9-1-3-13-14(6-9)18-8-17-13/h1,3,6-8,11-12H,2,4-5H2,(H,17,18)(H,19,23). The van der Waals surface area contributed by atoms with Gasteiger partial charge in [-0.3, -0.25) is 9.59 Å². The molecule has 2 N–H and O–H groups in total. The molecule has 7 nitrogen and oxygen atoms in total. The predicted octanol–water partition coefficient (Wildman–Crippen LogP) is 2.13. The number of carbonyl (C=O) groups excluding carboxylic acids is 2. The number of nitrogens with zero attached hydrogens (tertiary/aromatic N) is 3. The number of fused-ring (bicyclic) bond motifs is 2. The maximum Gasteiger partial charge on any atom is 0.287 e. The Kier molecular flexibility index (Phi) is 3.25. The Bertz CT molecular complexity index is 851. The van der Waals surface area contributed by atoms with Crippen LogP contribution in [0.5, 0.6) is 0 Å². The van der Waals surface area contributed by atoms with Gasteiger partial charge in [-0.05, 0) is 43.0 Å². The van der Waals surface area contributed by atoms with Crippen LogP contribution < -0.4 is 5.32 Å². The van der Waals surface area contributed by atoms with Gasteiger partial charge in [0.05, 0.1) is 23.4 Å². The normalized spacial score (nSPS) is 23.5. The van der Waals surface area contributed by atoms with E-state index in [9.17, 15) is 9.59 Å². The van der Waals surface area contributed by atoms with Gasteiger partial charge in [0.15, 0.2) is 0 Å². The number of hydrogen-bond donors (Lipinski definition) is 2. The number of azo groups is 1. The quantitative estimate of drug-likeness (QED) is 0.888. The van der Waals surface area contributed by atoms with E-state index in [-0.39, 0.29) is 23.9 Å². The van der Waals surface area contributed by atoms with E-state index in [1.807, 2.05) is 6.07 Å². The molecular formula is C16H15N5O2. The number of nitrogens with one attached hydrogen (secondary N) is 2. The van der Waals surface area contributed by atoms with Gasteiger partial charge in [-0.25, -0.2) is 4.98 Å². The maximum absolute atomic E-state index is 12.4. The lowest BCUT2D eigenvalue weighted by Gasteiger charge is -2.30. The number of imidazole rings is 1. The van der Waals surface area contributed by atoms with Crippen molar-refractivity contribution in [1.29, 1.82) is 0 Å². The summed E-state index contributed by atoms with van der Waals surface area (Å²) in [6, 6.07) is 5.40. The van der Waals surface area contributed by atoms with Gasteiger partial charge < -0.3 is 10.3 Å². The molecule has 4 rings (SSSR count). The fourth-order valence-electron chi connectivity index (χ4n) is 3.14. The monoisotopic (exact) mass is 309 g/mol. The average Bonchev–Trinajstić information content (AvgIpc) is 3.02. The zero-order valence-electron chi connectivity index (χ0n) is 12.3. The molecule has 2 aliphatic rings. The van der Waals surface area contributed by atoms with Gasteiger partial charge >= 0.3 is 0 Å². The zero-order valence-corrected chi connectivity index (χ0v) is 12.3. The van der Waals surface area contributed by atoms with E-state index < -0.39 is 0 Å². The third-order valence-electron chi connectivity index (χ3n) is 4.32. The third kappa shape index (κ3) is 2.65. The highest BCUT2D eigenvalue weighted by atomic mass is 16.2. The first kappa shape index (κ1) is 13.8. The molecule has 0 bridgehead atoms. The van der Waals surface area contributed by atoms with E-state index in [2.05, 4.69) is 25.5 Å². The Morgan fingerprint density at radius 2 is 2.22 bits per heavy atom. The first-order valence-corrected chi connectivity index (χ1v) is 7.58. The van der Waals surface area contributed by atoms with Crippen LogP contribution in [-0.4, -0.2) is 33.9 Å². The highest BCUT2D eigenvalue weighted by Crippen LogP contribution is 2.29. The molecule has 23 heavy (non-hydrogen) atoms. The summed E-state index contributed by atoms with van der Waals surface area (Å²) < 4.78 is 0. The van der Waals surface area contributed by atoms with Gasteiger partial charge in [-0.2, -0.15) is 5.11 Å². The molecular weight excluding hydrogens is 294 g/mol. The van der Waals surface area contributed by atoms with Gasteiger partial charge in [0.25, 0.3) is 11.8 Å². The second-order valence-corrected chi connectivity index (χ2v) is 5.88. The van der Waals surface area contributed by atoms with Crippen LogP contribution in [0.1, 0.15) is 29.6 Å². The van der Waals surface area contributed by atoms with Gasteiger partial charge in [-0.15, -0.1) is 5.11 Å². The molecule has 2 atom stereocenters. The number of rotatable bonds is 2. The van der Waals surface area contributed by atoms with Crippen molar-refractivity contribution in [3.63, 3.8) is 0 Å². The molecule has 1 aromatic carbocycles. The third-order valence-corrected chi connectivity index (χ3v) is 4.32. The van der Waals surface area contributed by atoms with Gasteiger partial charge in [0.2, 0.25) is 0 Å². The summed E-state index contributed by atoms with van der Waals surface area (Å²) >= 11 is 0. The molecule has 0 saturated heterocycles. The molecule has 1 aliphatic carbocycles. The Balaban J connectivity index is 1.47. The number of aromatic amines is 1. The lowest BCUT2D eigenvalue weighted by Crippen LogP contribution is -2.39. The Morgan fingerprint density at radius 1 is 1.30 bits per heavy atom. The second-order valence-electron chi connectivity index (χ2n) is 5.88. The van der Waals surface area contributed by atoms with Crippen LogP contribution in [0.4, 0.5) is 0 Å². The number of aromatic nitrogens is 2. The summed E-state index contributed by atoms with van der Waals surface area (Å²) in [5, 5.41) is 10.6. The smallest absolute Gasteiger partial charge is 0.287 e. The van der Waals surface area contributed by atoms with Crippen molar-refractivity contribution < 1.29 is 9.59 Å². The Labute approximate surface area is 131 Å². The van der Waals surface area contributed by atoms with Crippen molar-refractivity contribution in [1.82, 2.24) is 15.3 Å². The zero-order chi connectivity index (χ0) is 15.8. The molecule has 2 amide bonds.